The van der Waals surface area contributed by atoms with Crippen LogP contribution < -0.4 is 0 Å². The molecule has 4 fully saturated rings. The molecule has 4 bridgehead atoms. The Kier molecular flexibility index (Phi) is 3.98. The van der Waals surface area contributed by atoms with Gasteiger partial charge in [-0.2, -0.15) is 0 Å². The Morgan fingerprint density at radius 1 is 1.10 bits per heavy atom. The van der Waals surface area contributed by atoms with Crippen LogP contribution in [0.3, 0.4) is 0 Å². The first kappa shape index (κ1) is 14.9. The highest BCUT2D eigenvalue weighted by Gasteiger charge is 2.51. The lowest BCUT2D eigenvalue weighted by atomic mass is 9.49. The Morgan fingerprint density at radius 3 is 2.05 bits per heavy atom. The van der Waals surface area contributed by atoms with Gasteiger partial charge in [0.15, 0.2) is 0 Å². The van der Waals surface area contributed by atoms with Crippen molar-refractivity contribution >= 4 is 11.9 Å². The average molecular weight is 293 g/mol. The lowest BCUT2D eigenvalue weighted by Gasteiger charge is -2.57. The van der Waals surface area contributed by atoms with Crippen LogP contribution in [0.2, 0.25) is 0 Å². The fourth-order valence-corrected chi connectivity index (χ4v) is 5.54. The largest absolute Gasteiger partial charge is 0.468 e. The molecule has 4 saturated carbocycles. The molecule has 0 aliphatic heterocycles. The van der Waals surface area contributed by atoms with Gasteiger partial charge in [0.25, 0.3) is 0 Å². The molecule has 0 radical (unpaired) electrons. The Hall–Kier alpha value is -1.06. The monoisotopic (exact) mass is 293 g/mol. The Morgan fingerprint density at radius 2 is 1.62 bits per heavy atom. The molecule has 4 nitrogen and oxygen atoms in total. The van der Waals surface area contributed by atoms with Crippen molar-refractivity contribution in [3.8, 4) is 0 Å². The van der Waals surface area contributed by atoms with Gasteiger partial charge in [-0.05, 0) is 68.6 Å². The molecule has 1 amide bonds. The summed E-state index contributed by atoms with van der Waals surface area (Å²) < 4.78 is 4.69. The summed E-state index contributed by atoms with van der Waals surface area (Å²) in [4.78, 5) is 25.7. The number of carbonyl (C=O) groups is 2. The Bertz CT molecular complexity index is 396. The summed E-state index contributed by atoms with van der Waals surface area (Å²) in [6.07, 6.45) is 8.54. The second kappa shape index (κ2) is 5.62. The van der Waals surface area contributed by atoms with Gasteiger partial charge >= 0.3 is 5.97 Å². The number of nitrogens with zero attached hydrogens (tertiary/aromatic N) is 1. The van der Waals surface area contributed by atoms with Crippen LogP contribution in [0.4, 0.5) is 0 Å². The average Bonchev–Trinajstić information content (AvgIpc) is 2.42. The van der Waals surface area contributed by atoms with Gasteiger partial charge in [0.05, 0.1) is 7.11 Å². The molecule has 4 heteroatoms. The van der Waals surface area contributed by atoms with Gasteiger partial charge in [-0.1, -0.05) is 0 Å². The van der Waals surface area contributed by atoms with E-state index in [1.807, 2.05) is 6.92 Å². The zero-order valence-electron chi connectivity index (χ0n) is 13.3. The van der Waals surface area contributed by atoms with Crippen molar-refractivity contribution in [2.75, 3.05) is 20.2 Å². The number of likely N-dealkylation sites (N-methyl/N-ethyl adjacent to an activating group) is 1. The van der Waals surface area contributed by atoms with E-state index in [2.05, 4.69) is 0 Å². The second-order valence-electron chi connectivity index (χ2n) is 7.58. The van der Waals surface area contributed by atoms with Crippen molar-refractivity contribution in [2.45, 2.75) is 51.9 Å². The number of methoxy groups -OCH3 is 1. The number of hydrogen-bond acceptors (Lipinski definition) is 3. The summed E-state index contributed by atoms with van der Waals surface area (Å²) in [6, 6.07) is 0. The first-order valence-electron chi connectivity index (χ1n) is 8.38. The molecule has 4 rings (SSSR count). The minimum atomic E-state index is -0.323. The second-order valence-corrected chi connectivity index (χ2v) is 7.58. The summed E-state index contributed by atoms with van der Waals surface area (Å²) >= 11 is 0. The van der Waals surface area contributed by atoms with Crippen molar-refractivity contribution in [3.05, 3.63) is 0 Å². The molecule has 0 unspecified atom stereocenters. The van der Waals surface area contributed by atoms with E-state index in [4.69, 9.17) is 4.74 Å². The Balaban J connectivity index is 1.65. The molecule has 0 aromatic carbocycles. The van der Waals surface area contributed by atoms with E-state index >= 15 is 0 Å². The third-order valence-corrected chi connectivity index (χ3v) is 5.97. The fraction of sp³-hybridized carbons (Fsp3) is 0.882. The summed E-state index contributed by atoms with van der Waals surface area (Å²) in [5.74, 6) is 2.40. The van der Waals surface area contributed by atoms with E-state index in [1.54, 1.807) is 4.90 Å². The number of hydrogen-bond donors (Lipinski definition) is 0. The molecular formula is C17H27NO3. The maximum atomic E-state index is 12.6. The molecule has 4 aliphatic carbocycles. The van der Waals surface area contributed by atoms with Crippen LogP contribution in [0.25, 0.3) is 0 Å². The van der Waals surface area contributed by atoms with E-state index in [0.29, 0.717) is 13.0 Å². The SMILES string of the molecule is CCN(CC(=O)OC)C(=O)CC12CC3CC(CC(C3)C1)C2. The number of ether oxygens (including phenoxy) is 1. The van der Waals surface area contributed by atoms with Crippen LogP contribution in [-0.2, 0) is 14.3 Å². The topological polar surface area (TPSA) is 46.6 Å². The molecule has 0 aromatic rings. The third-order valence-electron chi connectivity index (χ3n) is 5.97. The van der Waals surface area contributed by atoms with Crippen molar-refractivity contribution in [1.82, 2.24) is 4.90 Å². The smallest absolute Gasteiger partial charge is 0.325 e. The van der Waals surface area contributed by atoms with E-state index in [-0.39, 0.29) is 23.8 Å². The first-order valence-corrected chi connectivity index (χ1v) is 8.38. The van der Waals surface area contributed by atoms with Crippen molar-refractivity contribution < 1.29 is 14.3 Å². The standard InChI is InChI=1S/C17H27NO3/c1-3-18(11-16(20)21-2)15(19)10-17-7-12-4-13(8-17)6-14(5-12)9-17/h12-14H,3-11H2,1-2H3. The summed E-state index contributed by atoms with van der Waals surface area (Å²) in [6.45, 7) is 2.61. The van der Waals surface area contributed by atoms with Gasteiger partial charge < -0.3 is 9.64 Å². The van der Waals surface area contributed by atoms with Gasteiger partial charge in [0, 0.05) is 13.0 Å². The minimum Gasteiger partial charge on any atom is -0.468 e. The fourth-order valence-electron chi connectivity index (χ4n) is 5.54. The van der Waals surface area contributed by atoms with Gasteiger partial charge in [-0.3, -0.25) is 9.59 Å². The minimum absolute atomic E-state index is 0.0954. The van der Waals surface area contributed by atoms with Crippen molar-refractivity contribution in [3.63, 3.8) is 0 Å². The normalized spacial score (nSPS) is 36.6. The lowest BCUT2D eigenvalue weighted by molar-refractivity contribution is -0.149. The Labute approximate surface area is 127 Å². The van der Waals surface area contributed by atoms with Crippen LogP contribution in [-0.4, -0.2) is 37.0 Å². The molecule has 0 atom stereocenters. The predicted octanol–water partition coefficient (Wildman–Crippen LogP) is 2.61. The third kappa shape index (κ3) is 2.95. The molecule has 4 aliphatic rings. The predicted molar refractivity (Wildman–Crippen MR) is 79.5 cm³/mol. The molecule has 0 heterocycles. The molecule has 0 N–H and O–H groups in total. The maximum Gasteiger partial charge on any atom is 0.325 e. The van der Waals surface area contributed by atoms with Crippen LogP contribution >= 0.6 is 0 Å². The number of amides is 1. The quantitative estimate of drug-likeness (QED) is 0.732. The van der Waals surface area contributed by atoms with E-state index in [0.717, 1.165) is 17.8 Å². The van der Waals surface area contributed by atoms with Gasteiger partial charge in [-0.25, -0.2) is 0 Å². The highest BCUT2D eigenvalue weighted by molar-refractivity contribution is 5.82. The van der Waals surface area contributed by atoms with E-state index < -0.39 is 0 Å². The highest BCUT2D eigenvalue weighted by Crippen LogP contribution is 2.61. The van der Waals surface area contributed by atoms with Crippen LogP contribution in [0.1, 0.15) is 51.9 Å². The van der Waals surface area contributed by atoms with Crippen LogP contribution in [0, 0.1) is 23.2 Å². The highest BCUT2D eigenvalue weighted by atomic mass is 16.5. The summed E-state index contributed by atoms with van der Waals surface area (Å²) in [5, 5.41) is 0. The molecule has 0 saturated heterocycles. The van der Waals surface area contributed by atoms with E-state index in [9.17, 15) is 9.59 Å². The van der Waals surface area contributed by atoms with Gasteiger partial charge in [-0.15, -0.1) is 0 Å². The van der Waals surface area contributed by atoms with Crippen LogP contribution in [0.15, 0.2) is 0 Å². The summed E-state index contributed by atoms with van der Waals surface area (Å²) in [7, 11) is 1.37. The number of esters is 1. The van der Waals surface area contributed by atoms with E-state index in [1.165, 1.54) is 45.6 Å². The van der Waals surface area contributed by atoms with Gasteiger partial charge in [0.2, 0.25) is 5.91 Å². The zero-order valence-corrected chi connectivity index (χ0v) is 13.3. The van der Waals surface area contributed by atoms with Gasteiger partial charge in [0.1, 0.15) is 6.54 Å². The molecule has 0 aromatic heterocycles. The van der Waals surface area contributed by atoms with Crippen molar-refractivity contribution in [1.29, 1.82) is 0 Å². The zero-order chi connectivity index (χ0) is 15.0. The lowest BCUT2D eigenvalue weighted by Crippen LogP contribution is -2.49. The summed E-state index contributed by atoms with van der Waals surface area (Å²) in [5.41, 5.74) is 0.245. The molecular weight excluding hydrogens is 266 g/mol. The van der Waals surface area contributed by atoms with Crippen LogP contribution in [0.5, 0.6) is 0 Å². The number of rotatable bonds is 5. The number of carbonyl (C=O) groups excluding carboxylic acids is 2. The van der Waals surface area contributed by atoms with Crippen molar-refractivity contribution in [2.24, 2.45) is 23.2 Å². The first-order chi connectivity index (χ1) is 10.0. The molecule has 21 heavy (non-hydrogen) atoms. The maximum absolute atomic E-state index is 12.6. The molecule has 0 spiro atoms. The molecule has 118 valence electrons.